The number of non-ortho nitro benzene ring substituents is 1. The van der Waals surface area contributed by atoms with Crippen molar-refractivity contribution in [3.63, 3.8) is 0 Å². The molecule has 1 aromatic heterocycles. The number of hydrogen-bond acceptors (Lipinski definition) is 8. The summed E-state index contributed by atoms with van der Waals surface area (Å²) in [5.74, 6) is -0.128. The summed E-state index contributed by atoms with van der Waals surface area (Å²) >= 11 is 1.20. The third-order valence-electron chi connectivity index (χ3n) is 5.00. The average Bonchev–Trinajstić information content (AvgIpc) is 3.32. The number of nitrogens with zero attached hydrogens (tertiary/aromatic N) is 4. The van der Waals surface area contributed by atoms with Gasteiger partial charge >= 0.3 is 5.97 Å². The molecule has 0 spiro atoms. The van der Waals surface area contributed by atoms with Crippen molar-refractivity contribution in [2.24, 2.45) is 0 Å². The minimum atomic E-state index is -0.462. The number of nitro groups is 1. The van der Waals surface area contributed by atoms with Crippen LogP contribution in [0.2, 0.25) is 0 Å². The second kappa shape index (κ2) is 11.3. The normalized spacial score (nSPS) is 10.6. The van der Waals surface area contributed by atoms with E-state index in [-0.39, 0.29) is 24.0 Å². The molecule has 0 atom stereocenters. The summed E-state index contributed by atoms with van der Waals surface area (Å²) in [6.07, 6.45) is 0. The van der Waals surface area contributed by atoms with Crippen LogP contribution in [0.3, 0.4) is 0 Å². The van der Waals surface area contributed by atoms with E-state index in [9.17, 15) is 19.7 Å². The van der Waals surface area contributed by atoms with Crippen LogP contribution >= 0.6 is 11.8 Å². The highest BCUT2D eigenvalue weighted by Gasteiger charge is 2.18. The van der Waals surface area contributed by atoms with Crippen LogP contribution in [0.1, 0.15) is 17.3 Å². The molecule has 36 heavy (non-hydrogen) atoms. The highest BCUT2D eigenvalue weighted by molar-refractivity contribution is 7.99. The number of benzene rings is 3. The van der Waals surface area contributed by atoms with E-state index in [0.717, 1.165) is 5.69 Å². The summed E-state index contributed by atoms with van der Waals surface area (Å²) in [7, 11) is 0. The monoisotopic (exact) mass is 503 g/mol. The Morgan fingerprint density at radius 3 is 2.33 bits per heavy atom. The van der Waals surface area contributed by atoms with Crippen molar-refractivity contribution < 1.29 is 19.2 Å². The summed E-state index contributed by atoms with van der Waals surface area (Å²) in [6, 6.07) is 21.9. The molecule has 0 aliphatic carbocycles. The highest BCUT2D eigenvalue weighted by atomic mass is 32.2. The number of esters is 1. The van der Waals surface area contributed by atoms with Crippen molar-refractivity contribution in [3.05, 3.63) is 94.5 Å². The van der Waals surface area contributed by atoms with E-state index >= 15 is 0 Å². The smallest absolute Gasteiger partial charge is 0.338 e. The summed E-state index contributed by atoms with van der Waals surface area (Å²) in [6.45, 7) is 2.02. The van der Waals surface area contributed by atoms with Crippen LogP contribution in [0.4, 0.5) is 11.4 Å². The van der Waals surface area contributed by atoms with Gasteiger partial charge in [0.05, 0.1) is 22.8 Å². The quantitative estimate of drug-likeness (QED) is 0.150. The molecule has 0 aliphatic heterocycles. The van der Waals surface area contributed by atoms with E-state index in [4.69, 9.17) is 4.74 Å². The lowest BCUT2D eigenvalue weighted by Gasteiger charge is -2.10. The number of amides is 1. The number of para-hydroxylation sites is 1. The zero-order chi connectivity index (χ0) is 25.5. The van der Waals surface area contributed by atoms with Crippen molar-refractivity contribution >= 4 is 35.0 Å². The molecule has 0 aliphatic rings. The first-order valence-corrected chi connectivity index (χ1v) is 11.9. The number of carbonyl (C=O) groups is 2. The van der Waals surface area contributed by atoms with E-state index in [1.807, 2.05) is 30.3 Å². The third kappa shape index (κ3) is 5.76. The summed E-state index contributed by atoms with van der Waals surface area (Å²) in [5.41, 5.74) is 2.36. The number of carbonyl (C=O) groups excluding carboxylic acids is 2. The molecule has 1 N–H and O–H groups in total. The Labute approximate surface area is 210 Å². The predicted molar refractivity (Wildman–Crippen MR) is 135 cm³/mol. The fraction of sp³-hybridized carbons (Fsp3) is 0.120. The van der Waals surface area contributed by atoms with Gasteiger partial charge in [-0.25, -0.2) is 4.79 Å². The lowest BCUT2D eigenvalue weighted by atomic mass is 10.2. The Morgan fingerprint density at radius 1 is 1.00 bits per heavy atom. The molecule has 0 saturated heterocycles. The van der Waals surface area contributed by atoms with E-state index in [2.05, 4.69) is 15.5 Å². The number of rotatable bonds is 9. The lowest BCUT2D eigenvalue weighted by Crippen LogP contribution is -2.15. The number of hydrogen-bond donors (Lipinski definition) is 1. The number of anilines is 1. The molecule has 3 aromatic carbocycles. The number of ether oxygens (including phenoxy) is 1. The van der Waals surface area contributed by atoms with Gasteiger partial charge < -0.3 is 10.1 Å². The lowest BCUT2D eigenvalue weighted by molar-refractivity contribution is -0.384. The first-order chi connectivity index (χ1) is 17.5. The van der Waals surface area contributed by atoms with Gasteiger partial charge in [0.1, 0.15) is 0 Å². The van der Waals surface area contributed by atoms with E-state index in [1.54, 1.807) is 47.9 Å². The molecule has 0 bridgehead atoms. The zero-order valence-corrected chi connectivity index (χ0v) is 20.0. The number of nitro benzene ring substituents is 1. The predicted octanol–water partition coefficient (Wildman–Crippen LogP) is 4.75. The van der Waals surface area contributed by atoms with Gasteiger partial charge in [-0.2, -0.15) is 0 Å². The third-order valence-corrected chi connectivity index (χ3v) is 5.93. The Hall–Kier alpha value is -4.51. The summed E-state index contributed by atoms with van der Waals surface area (Å²) < 4.78 is 6.76. The van der Waals surface area contributed by atoms with Crippen LogP contribution in [0.5, 0.6) is 0 Å². The van der Waals surface area contributed by atoms with Crippen LogP contribution in [-0.2, 0) is 9.53 Å². The molecule has 0 radical (unpaired) electrons. The van der Waals surface area contributed by atoms with Gasteiger partial charge in [0.15, 0.2) is 11.0 Å². The van der Waals surface area contributed by atoms with Gasteiger partial charge in [-0.05, 0) is 55.5 Å². The van der Waals surface area contributed by atoms with Gasteiger partial charge in [0.25, 0.3) is 5.69 Å². The molecule has 0 fully saturated rings. The van der Waals surface area contributed by atoms with Gasteiger partial charge in [-0.15, -0.1) is 10.2 Å². The van der Waals surface area contributed by atoms with Gasteiger partial charge in [0.2, 0.25) is 5.91 Å². The zero-order valence-electron chi connectivity index (χ0n) is 19.2. The fourth-order valence-corrected chi connectivity index (χ4v) is 4.08. The molecule has 11 heteroatoms. The SMILES string of the molecule is CCOC(=O)c1ccc(NC(=O)CSc2nnc(-c3ccc([N+](=O)[O-])cc3)n2-c2ccccc2)cc1. The molecule has 4 aromatic rings. The molecule has 10 nitrogen and oxygen atoms in total. The topological polar surface area (TPSA) is 129 Å². The number of aromatic nitrogens is 3. The average molecular weight is 504 g/mol. The van der Waals surface area contributed by atoms with Gasteiger partial charge in [0, 0.05) is 29.1 Å². The number of thioether (sulfide) groups is 1. The van der Waals surface area contributed by atoms with E-state index < -0.39 is 10.9 Å². The minimum absolute atomic E-state index is 0.0221. The van der Waals surface area contributed by atoms with Crippen molar-refractivity contribution in [3.8, 4) is 17.1 Å². The fourth-order valence-electron chi connectivity index (χ4n) is 3.32. The molecule has 1 heterocycles. The first-order valence-electron chi connectivity index (χ1n) is 10.9. The maximum atomic E-state index is 12.6. The Balaban J connectivity index is 1.50. The highest BCUT2D eigenvalue weighted by Crippen LogP contribution is 2.29. The van der Waals surface area contributed by atoms with Gasteiger partial charge in [-0.1, -0.05) is 30.0 Å². The van der Waals surface area contributed by atoms with Crippen LogP contribution in [0.25, 0.3) is 17.1 Å². The largest absolute Gasteiger partial charge is 0.462 e. The summed E-state index contributed by atoms with van der Waals surface area (Å²) in [4.78, 5) is 34.9. The Kier molecular flexibility index (Phi) is 7.71. The molecular weight excluding hydrogens is 482 g/mol. The number of nitrogens with one attached hydrogen (secondary N) is 1. The van der Waals surface area contributed by atoms with E-state index in [0.29, 0.717) is 27.8 Å². The maximum absolute atomic E-state index is 12.6. The van der Waals surface area contributed by atoms with Crippen molar-refractivity contribution in [2.75, 3.05) is 17.7 Å². The van der Waals surface area contributed by atoms with Gasteiger partial charge in [-0.3, -0.25) is 19.5 Å². The maximum Gasteiger partial charge on any atom is 0.338 e. The molecular formula is C25H21N5O5S. The van der Waals surface area contributed by atoms with Crippen LogP contribution in [-0.4, -0.2) is 43.9 Å². The van der Waals surface area contributed by atoms with Crippen LogP contribution < -0.4 is 5.32 Å². The molecule has 0 unspecified atom stereocenters. The summed E-state index contributed by atoms with van der Waals surface area (Å²) in [5, 5.41) is 22.8. The van der Waals surface area contributed by atoms with Crippen molar-refractivity contribution in [1.82, 2.24) is 14.8 Å². The van der Waals surface area contributed by atoms with E-state index in [1.165, 1.54) is 23.9 Å². The minimum Gasteiger partial charge on any atom is -0.462 e. The van der Waals surface area contributed by atoms with Crippen molar-refractivity contribution in [1.29, 1.82) is 0 Å². The van der Waals surface area contributed by atoms with Crippen LogP contribution in [0, 0.1) is 10.1 Å². The van der Waals surface area contributed by atoms with Crippen molar-refractivity contribution in [2.45, 2.75) is 12.1 Å². The first kappa shape index (κ1) is 24.6. The Morgan fingerprint density at radius 2 is 1.69 bits per heavy atom. The molecule has 0 saturated carbocycles. The molecule has 182 valence electrons. The van der Waals surface area contributed by atoms with Crippen LogP contribution in [0.15, 0.2) is 84.0 Å². The standard InChI is InChI=1S/C25H21N5O5S/c1-2-35-24(32)18-8-12-19(13-9-18)26-22(31)16-36-25-28-27-23(29(25)20-6-4-3-5-7-20)17-10-14-21(15-11-17)30(33)34/h3-15H,2,16H2,1H3,(H,26,31). The Bertz CT molecular complexity index is 1370. The molecule has 4 rings (SSSR count). The second-order valence-corrected chi connectivity index (χ2v) is 8.36. The second-order valence-electron chi connectivity index (χ2n) is 7.42. The molecule has 1 amide bonds.